The van der Waals surface area contributed by atoms with Crippen LogP contribution >= 0.6 is 0 Å². The Kier molecular flexibility index (Phi) is 6.86. The predicted octanol–water partition coefficient (Wildman–Crippen LogP) is 2.96. The molecule has 2 aromatic rings. The molecule has 0 N–H and O–H groups in total. The number of ether oxygens (including phenoxy) is 1. The summed E-state index contributed by atoms with van der Waals surface area (Å²) in [7, 11) is -3.55. The Morgan fingerprint density at radius 2 is 1.74 bits per heavy atom. The maximum Gasteiger partial charge on any atom is 0.257 e. The van der Waals surface area contributed by atoms with E-state index in [1.165, 1.54) is 6.07 Å². The summed E-state index contributed by atoms with van der Waals surface area (Å²) in [5.74, 6) is 0.0912. The summed E-state index contributed by atoms with van der Waals surface area (Å²) < 4.78 is 30.3. The third kappa shape index (κ3) is 5.36. The van der Waals surface area contributed by atoms with Crippen molar-refractivity contribution < 1.29 is 17.9 Å². The van der Waals surface area contributed by atoms with E-state index in [2.05, 4.69) is 11.0 Å². The Labute approximate surface area is 183 Å². The van der Waals surface area contributed by atoms with Gasteiger partial charge in [0.15, 0.2) is 15.6 Å². The van der Waals surface area contributed by atoms with E-state index < -0.39 is 9.84 Å². The highest BCUT2D eigenvalue weighted by Crippen LogP contribution is 2.30. The van der Waals surface area contributed by atoms with Gasteiger partial charge in [-0.15, -0.1) is 0 Å². The summed E-state index contributed by atoms with van der Waals surface area (Å²) in [6.45, 7) is 6.55. The largest absolute Gasteiger partial charge is 0.491 e. The molecular weight excluding hydrogens is 414 g/mol. The van der Waals surface area contributed by atoms with E-state index in [-0.39, 0.29) is 28.0 Å². The van der Waals surface area contributed by atoms with Crippen LogP contribution in [0.25, 0.3) is 0 Å². The minimum atomic E-state index is -3.55. The fraction of sp³-hybridized carbons (Fsp3) is 0.391. The molecule has 0 atom stereocenters. The van der Waals surface area contributed by atoms with Gasteiger partial charge < -0.3 is 14.5 Å². The van der Waals surface area contributed by atoms with Gasteiger partial charge in [-0.3, -0.25) is 4.79 Å². The van der Waals surface area contributed by atoms with Gasteiger partial charge >= 0.3 is 0 Å². The van der Waals surface area contributed by atoms with Crippen LogP contribution in [0.2, 0.25) is 0 Å². The van der Waals surface area contributed by atoms with Gasteiger partial charge in [-0.2, -0.15) is 5.26 Å². The molecule has 0 saturated carbocycles. The first-order valence-corrected chi connectivity index (χ1v) is 12.1. The fourth-order valence-corrected chi connectivity index (χ4v) is 4.29. The first kappa shape index (κ1) is 22.6. The van der Waals surface area contributed by atoms with Crippen molar-refractivity contribution in [3.8, 4) is 11.8 Å². The van der Waals surface area contributed by atoms with Crippen molar-refractivity contribution >= 4 is 21.4 Å². The first-order valence-electron chi connectivity index (χ1n) is 10.2. The lowest BCUT2D eigenvalue weighted by atomic mass is 10.1. The standard InChI is InChI=1S/C23H27N3O4S/c1-17(2)16-30-22-20(5-4-6-21(22)31(3,28)29)23(27)26-13-11-25(12-14-26)19-9-7-18(15-24)8-10-19/h4-10,17H,11-14,16H2,1-3H3. The molecule has 0 unspecified atom stereocenters. The number of nitrogens with zero attached hydrogens (tertiary/aromatic N) is 3. The number of piperazine rings is 1. The third-order valence-electron chi connectivity index (χ3n) is 5.10. The number of hydrogen-bond donors (Lipinski definition) is 0. The van der Waals surface area contributed by atoms with Crippen LogP contribution in [0.15, 0.2) is 47.4 Å². The van der Waals surface area contributed by atoms with Gasteiger partial charge in [-0.25, -0.2) is 8.42 Å². The second-order valence-electron chi connectivity index (χ2n) is 8.05. The number of carbonyl (C=O) groups is 1. The molecule has 0 aromatic heterocycles. The molecule has 1 aliphatic heterocycles. The Morgan fingerprint density at radius 1 is 1.10 bits per heavy atom. The highest BCUT2D eigenvalue weighted by Gasteiger charge is 2.28. The van der Waals surface area contributed by atoms with Crippen molar-refractivity contribution in [3.05, 3.63) is 53.6 Å². The summed E-state index contributed by atoms with van der Waals surface area (Å²) in [6.07, 6.45) is 1.12. The number of para-hydroxylation sites is 1. The molecule has 8 heteroatoms. The lowest BCUT2D eigenvalue weighted by molar-refractivity contribution is 0.0741. The third-order valence-corrected chi connectivity index (χ3v) is 6.22. The van der Waals surface area contributed by atoms with Crippen LogP contribution < -0.4 is 9.64 Å². The molecule has 3 rings (SSSR count). The Morgan fingerprint density at radius 3 is 2.29 bits per heavy atom. The number of hydrogen-bond acceptors (Lipinski definition) is 6. The smallest absolute Gasteiger partial charge is 0.257 e. The predicted molar refractivity (Wildman–Crippen MR) is 119 cm³/mol. The minimum Gasteiger partial charge on any atom is -0.491 e. The topological polar surface area (TPSA) is 90.7 Å². The van der Waals surface area contributed by atoms with E-state index in [4.69, 9.17) is 10.00 Å². The van der Waals surface area contributed by atoms with Crippen LogP contribution in [0, 0.1) is 17.2 Å². The van der Waals surface area contributed by atoms with E-state index in [1.54, 1.807) is 29.2 Å². The molecule has 1 saturated heterocycles. The van der Waals surface area contributed by atoms with Gasteiger partial charge in [0.05, 0.1) is 23.8 Å². The summed E-state index contributed by atoms with van der Waals surface area (Å²) in [5, 5.41) is 8.95. The second kappa shape index (κ2) is 9.40. The molecule has 1 aliphatic rings. The normalized spacial score (nSPS) is 14.4. The van der Waals surface area contributed by atoms with Crippen LogP contribution in [-0.4, -0.2) is 58.3 Å². The molecule has 0 bridgehead atoms. The zero-order valence-electron chi connectivity index (χ0n) is 18.0. The molecule has 1 fully saturated rings. The first-order chi connectivity index (χ1) is 14.7. The molecule has 2 aromatic carbocycles. The maximum absolute atomic E-state index is 13.3. The highest BCUT2D eigenvalue weighted by atomic mass is 32.2. The van der Waals surface area contributed by atoms with Gasteiger partial charge in [-0.1, -0.05) is 19.9 Å². The SMILES string of the molecule is CC(C)COc1c(C(=O)N2CCN(c3ccc(C#N)cc3)CC2)cccc1S(C)(=O)=O. The van der Waals surface area contributed by atoms with Crippen LogP contribution in [0.5, 0.6) is 5.75 Å². The zero-order chi connectivity index (χ0) is 22.6. The lowest BCUT2D eigenvalue weighted by Crippen LogP contribution is -2.48. The summed E-state index contributed by atoms with van der Waals surface area (Å²) in [6, 6.07) is 14.2. The van der Waals surface area contributed by atoms with Gasteiger partial charge in [0, 0.05) is 38.1 Å². The summed E-state index contributed by atoms with van der Waals surface area (Å²) >= 11 is 0. The molecule has 7 nitrogen and oxygen atoms in total. The molecule has 1 amide bonds. The van der Waals surface area contributed by atoms with Gasteiger partial charge in [0.1, 0.15) is 4.90 Å². The fourth-order valence-electron chi connectivity index (χ4n) is 3.46. The molecule has 164 valence electrons. The van der Waals surface area contributed by atoms with Crippen molar-refractivity contribution in [1.82, 2.24) is 4.90 Å². The van der Waals surface area contributed by atoms with E-state index in [0.717, 1.165) is 11.9 Å². The quantitative estimate of drug-likeness (QED) is 0.685. The van der Waals surface area contributed by atoms with Crippen molar-refractivity contribution in [2.24, 2.45) is 5.92 Å². The van der Waals surface area contributed by atoms with Crippen molar-refractivity contribution in [2.45, 2.75) is 18.7 Å². The van der Waals surface area contributed by atoms with E-state index in [1.807, 2.05) is 26.0 Å². The van der Waals surface area contributed by atoms with E-state index in [9.17, 15) is 13.2 Å². The average Bonchev–Trinajstić information content (AvgIpc) is 2.76. The molecule has 0 radical (unpaired) electrons. The number of amides is 1. The van der Waals surface area contributed by atoms with Crippen LogP contribution in [-0.2, 0) is 9.84 Å². The van der Waals surface area contributed by atoms with E-state index >= 15 is 0 Å². The number of anilines is 1. The van der Waals surface area contributed by atoms with Crippen LogP contribution in [0.3, 0.4) is 0 Å². The second-order valence-corrected chi connectivity index (χ2v) is 10.0. The van der Waals surface area contributed by atoms with Crippen molar-refractivity contribution in [3.63, 3.8) is 0 Å². The molecule has 0 spiro atoms. The van der Waals surface area contributed by atoms with Gasteiger partial charge in [-0.05, 0) is 42.3 Å². The van der Waals surface area contributed by atoms with Crippen LogP contribution in [0.4, 0.5) is 5.69 Å². The minimum absolute atomic E-state index is 0.0372. The number of carbonyl (C=O) groups excluding carboxylic acids is 1. The molecule has 31 heavy (non-hydrogen) atoms. The monoisotopic (exact) mass is 441 g/mol. The average molecular weight is 442 g/mol. The Hall–Kier alpha value is -3.05. The highest BCUT2D eigenvalue weighted by molar-refractivity contribution is 7.90. The van der Waals surface area contributed by atoms with E-state index in [0.29, 0.717) is 38.3 Å². The molecule has 0 aliphatic carbocycles. The van der Waals surface area contributed by atoms with Crippen molar-refractivity contribution in [2.75, 3.05) is 43.9 Å². The van der Waals surface area contributed by atoms with Gasteiger partial charge in [0.2, 0.25) is 0 Å². The number of benzene rings is 2. The summed E-state index contributed by atoms with van der Waals surface area (Å²) in [4.78, 5) is 17.2. The van der Waals surface area contributed by atoms with Crippen molar-refractivity contribution in [1.29, 1.82) is 5.26 Å². The summed E-state index contributed by atoms with van der Waals surface area (Å²) in [5.41, 5.74) is 1.89. The zero-order valence-corrected chi connectivity index (χ0v) is 18.9. The number of nitriles is 1. The molecule has 1 heterocycles. The Bertz CT molecular complexity index is 1080. The molecular formula is C23H27N3O4S. The Balaban J connectivity index is 1.79. The van der Waals surface area contributed by atoms with Crippen LogP contribution in [0.1, 0.15) is 29.8 Å². The maximum atomic E-state index is 13.3. The lowest BCUT2D eigenvalue weighted by Gasteiger charge is -2.36. The number of sulfone groups is 1. The number of rotatable bonds is 6. The van der Waals surface area contributed by atoms with Gasteiger partial charge in [0.25, 0.3) is 5.91 Å².